The highest BCUT2D eigenvalue weighted by atomic mass is 16.5. The lowest BCUT2D eigenvalue weighted by molar-refractivity contribution is 0.410. The number of aromatic nitrogens is 3. The minimum absolute atomic E-state index is 0.544. The van der Waals surface area contributed by atoms with Gasteiger partial charge in [0.2, 0.25) is 0 Å². The Morgan fingerprint density at radius 1 is 1.19 bits per heavy atom. The van der Waals surface area contributed by atoms with Gasteiger partial charge in [0.1, 0.15) is 12.0 Å². The van der Waals surface area contributed by atoms with Crippen LogP contribution in [0.15, 0.2) is 52.2 Å². The molecule has 0 spiro atoms. The van der Waals surface area contributed by atoms with Crippen LogP contribution in [0.4, 0.5) is 0 Å². The molecular formula is C19H24N6O. The molecule has 3 rings (SSSR count). The van der Waals surface area contributed by atoms with Crippen molar-refractivity contribution in [2.75, 3.05) is 6.54 Å². The maximum absolute atomic E-state index is 4.85. The van der Waals surface area contributed by atoms with E-state index < -0.39 is 0 Å². The van der Waals surface area contributed by atoms with Gasteiger partial charge in [-0.05, 0) is 38.5 Å². The molecule has 0 saturated heterocycles. The first kappa shape index (κ1) is 17.7. The van der Waals surface area contributed by atoms with Crippen LogP contribution in [0.3, 0.4) is 0 Å². The Morgan fingerprint density at radius 2 is 2.04 bits per heavy atom. The number of nitrogens with one attached hydrogen (secondary N) is 2. The molecule has 0 radical (unpaired) electrons. The van der Waals surface area contributed by atoms with Gasteiger partial charge in [-0.3, -0.25) is 0 Å². The summed E-state index contributed by atoms with van der Waals surface area (Å²) in [7, 11) is 0. The van der Waals surface area contributed by atoms with E-state index in [1.54, 1.807) is 6.26 Å². The van der Waals surface area contributed by atoms with Crippen molar-refractivity contribution < 1.29 is 4.52 Å². The third-order valence-electron chi connectivity index (χ3n) is 3.91. The van der Waals surface area contributed by atoms with E-state index in [0.717, 1.165) is 40.8 Å². The second-order valence-electron chi connectivity index (χ2n) is 6.01. The fraction of sp³-hybridized carbons (Fsp3) is 0.316. The molecule has 136 valence electrons. The number of hydrogen-bond donors (Lipinski definition) is 2. The van der Waals surface area contributed by atoms with Crippen molar-refractivity contribution >= 4 is 5.96 Å². The lowest BCUT2D eigenvalue weighted by Gasteiger charge is -2.12. The third kappa shape index (κ3) is 4.30. The molecule has 0 amide bonds. The summed E-state index contributed by atoms with van der Waals surface area (Å²) in [6.45, 7) is 7.98. The summed E-state index contributed by atoms with van der Waals surface area (Å²) >= 11 is 0. The van der Waals surface area contributed by atoms with Crippen LogP contribution >= 0.6 is 0 Å². The molecular weight excluding hydrogens is 328 g/mol. The summed E-state index contributed by atoms with van der Waals surface area (Å²) in [5.74, 6) is 0.735. The lowest BCUT2D eigenvalue weighted by atomic mass is 10.2. The van der Waals surface area contributed by atoms with Gasteiger partial charge in [-0.2, -0.15) is 5.10 Å². The van der Waals surface area contributed by atoms with E-state index in [-0.39, 0.29) is 0 Å². The molecule has 2 aromatic heterocycles. The van der Waals surface area contributed by atoms with Crippen LogP contribution in [0.5, 0.6) is 0 Å². The van der Waals surface area contributed by atoms with Crippen LogP contribution in [-0.2, 0) is 13.1 Å². The van der Waals surface area contributed by atoms with Crippen LogP contribution < -0.4 is 10.6 Å². The number of aliphatic imine (C=N–C) groups is 1. The van der Waals surface area contributed by atoms with Crippen molar-refractivity contribution in [3.05, 3.63) is 65.3 Å². The highest BCUT2D eigenvalue weighted by Crippen LogP contribution is 2.17. The summed E-state index contributed by atoms with van der Waals surface area (Å²) in [5, 5.41) is 15.0. The van der Waals surface area contributed by atoms with Gasteiger partial charge < -0.3 is 15.2 Å². The number of aryl methyl sites for hydroxylation is 2. The predicted octanol–water partition coefficient (Wildman–Crippen LogP) is 2.73. The molecule has 7 nitrogen and oxygen atoms in total. The van der Waals surface area contributed by atoms with Crippen molar-refractivity contribution in [3.63, 3.8) is 0 Å². The van der Waals surface area contributed by atoms with Crippen molar-refractivity contribution in [2.24, 2.45) is 4.99 Å². The zero-order valence-corrected chi connectivity index (χ0v) is 15.4. The van der Waals surface area contributed by atoms with Gasteiger partial charge in [-0.1, -0.05) is 23.4 Å². The van der Waals surface area contributed by atoms with Gasteiger partial charge in [-0.25, -0.2) is 9.67 Å². The molecule has 26 heavy (non-hydrogen) atoms. The monoisotopic (exact) mass is 352 g/mol. The Morgan fingerprint density at radius 3 is 2.73 bits per heavy atom. The molecule has 0 aliphatic carbocycles. The first-order chi connectivity index (χ1) is 12.7. The molecule has 1 aromatic carbocycles. The van der Waals surface area contributed by atoms with E-state index in [1.807, 2.05) is 36.7 Å². The van der Waals surface area contributed by atoms with Crippen LogP contribution in [0.1, 0.15) is 29.6 Å². The molecule has 0 aliphatic rings. The molecule has 7 heteroatoms. The summed E-state index contributed by atoms with van der Waals surface area (Å²) in [6.07, 6.45) is 1.56. The average molecular weight is 352 g/mol. The van der Waals surface area contributed by atoms with Gasteiger partial charge in [0.25, 0.3) is 0 Å². The van der Waals surface area contributed by atoms with Gasteiger partial charge in [0.15, 0.2) is 5.96 Å². The highest BCUT2D eigenvalue weighted by Gasteiger charge is 2.09. The maximum Gasteiger partial charge on any atom is 0.191 e. The summed E-state index contributed by atoms with van der Waals surface area (Å²) in [4.78, 5) is 4.70. The largest absolute Gasteiger partial charge is 0.364 e. The lowest BCUT2D eigenvalue weighted by Crippen LogP contribution is -2.36. The Kier molecular flexibility index (Phi) is 5.68. The molecule has 0 unspecified atom stereocenters. The van der Waals surface area contributed by atoms with Crippen molar-refractivity contribution in [3.8, 4) is 5.69 Å². The van der Waals surface area contributed by atoms with Crippen molar-refractivity contribution in [1.82, 2.24) is 25.6 Å². The van der Waals surface area contributed by atoms with Gasteiger partial charge in [-0.15, -0.1) is 0 Å². The number of benzene rings is 1. The minimum Gasteiger partial charge on any atom is -0.364 e. The average Bonchev–Trinajstić information content (AvgIpc) is 3.27. The second-order valence-corrected chi connectivity index (χ2v) is 6.01. The fourth-order valence-electron chi connectivity index (χ4n) is 2.73. The van der Waals surface area contributed by atoms with Gasteiger partial charge >= 0.3 is 0 Å². The van der Waals surface area contributed by atoms with E-state index in [1.165, 1.54) is 0 Å². The van der Waals surface area contributed by atoms with Crippen LogP contribution in [0.2, 0.25) is 0 Å². The molecule has 2 heterocycles. The molecule has 0 aliphatic heterocycles. The van der Waals surface area contributed by atoms with Crippen LogP contribution in [-0.4, -0.2) is 27.4 Å². The van der Waals surface area contributed by atoms with Crippen molar-refractivity contribution in [2.45, 2.75) is 33.9 Å². The number of hydrogen-bond acceptors (Lipinski definition) is 4. The Hall–Kier alpha value is -3.09. The first-order valence-electron chi connectivity index (χ1n) is 8.70. The van der Waals surface area contributed by atoms with Crippen LogP contribution in [0, 0.1) is 13.8 Å². The normalized spacial score (nSPS) is 11.6. The molecule has 0 bridgehead atoms. The minimum atomic E-state index is 0.544. The molecule has 3 aromatic rings. The molecule has 0 fully saturated rings. The van der Waals surface area contributed by atoms with Gasteiger partial charge in [0.05, 0.1) is 24.5 Å². The SMILES string of the molecule is CCNC(=NCc1ccccc1-n1nc(C)cc1C)NCc1ccon1. The number of guanidine groups is 1. The third-order valence-corrected chi connectivity index (χ3v) is 3.91. The molecule has 0 saturated carbocycles. The zero-order valence-electron chi connectivity index (χ0n) is 15.4. The van der Waals surface area contributed by atoms with E-state index >= 15 is 0 Å². The Labute approximate surface area is 153 Å². The quantitative estimate of drug-likeness (QED) is 0.527. The van der Waals surface area contributed by atoms with Gasteiger partial charge in [0, 0.05) is 18.3 Å². The number of para-hydroxylation sites is 1. The summed E-state index contributed by atoms with van der Waals surface area (Å²) < 4.78 is 6.82. The standard InChI is InChI=1S/C19H24N6O/c1-4-20-19(22-13-17-9-10-26-24-17)21-12-16-7-5-6-8-18(16)25-15(3)11-14(2)23-25/h5-11H,4,12-13H2,1-3H3,(H2,20,21,22). The predicted molar refractivity (Wildman–Crippen MR) is 101 cm³/mol. The molecule has 0 atom stereocenters. The smallest absolute Gasteiger partial charge is 0.191 e. The first-order valence-corrected chi connectivity index (χ1v) is 8.70. The Balaban J connectivity index is 1.78. The number of rotatable bonds is 6. The van der Waals surface area contributed by atoms with E-state index in [4.69, 9.17) is 9.52 Å². The maximum atomic E-state index is 4.85. The Bertz CT molecular complexity index is 866. The van der Waals surface area contributed by atoms with Crippen LogP contribution in [0.25, 0.3) is 5.69 Å². The second kappa shape index (κ2) is 8.33. The van der Waals surface area contributed by atoms with E-state index in [9.17, 15) is 0 Å². The summed E-state index contributed by atoms with van der Waals surface area (Å²) in [5.41, 5.74) is 5.10. The van der Waals surface area contributed by atoms with E-state index in [2.05, 4.69) is 46.0 Å². The fourth-order valence-corrected chi connectivity index (χ4v) is 2.73. The topological polar surface area (TPSA) is 80.3 Å². The molecule has 2 N–H and O–H groups in total. The highest BCUT2D eigenvalue weighted by molar-refractivity contribution is 5.79. The van der Waals surface area contributed by atoms with E-state index in [0.29, 0.717) is 13.1 Å². The van der Waals surface area contributed by atoms with Crippen molar-refractivity contribution in [1.29, 1.82) is 0 Å². The zero-order chi connectivity index (χ0) is 18.4. The number of nitrogens with zero attached hydrogens (tertiary/aromatic N) is 4. The summed E-state index contributed by atoms with van der Waals surface area (Å²) in [6, 6.07) is 12.1.